The summed E-state index contributed by atoms with van der Waals surface area (Å²) in [4.78, 5) is 70.3. The van der Waals surface area contributed by atoms with Gasteiger partial charge < -0.3 is 9.64 Å². The van der Waals surface area contributed by atoms with Crippen LogP contribution in [0.4, 0.5) is 29.2 Å². The van der Waals surface area contributed by atoms with E-state index in [1.165, 1.54) is 36.4 Å². The van der Waals surface area contributed by atoms with E-state index in [2.05, 4.69) is 15.6 Å². The monoisotopic (exact) mass is 728 g/mol. The SMILES string of the molecule is CN(CCOc1ccc2c(c1)C(=O)N(C1CCC(=O)NC1=O)C2=O)c1cccc(-n2c(NC(=O)c3cccc(C(F)(F)F)c3)nc3cc(F)ccc32)c1. The van der Waals surface area contributed by atoms with Crippen LogP contribution in [0.25, 0.3) is 16.7 Å². The van der Waals surface area contributed by atoms with Crippen LogP contribution in [0.1, 0.15) is 49.5 Å². The fourth-order valence-corrected chi connectivity index (χ4v) is 6.25. The quantitative estimate of drug-likeness (QED) is 0.153. The predicted molar refractivity (Wildman–Crippen MR) is 182 cm³/mol. The van der Waals surface area contributed by atoms with Gasteiger partial charge >= 0.3 is 6.18 Å². The lowest BCUT2D eigenvalue weighted by Crippen LogP contribution is -2.54. The number of hydrogen-bond acceptors (Lipinski definition) is 8. The molecular formula is C37H28F4N6O6. The number of likely N-dealkylation sites (N-methyl/N-ethyl adjacent to an activating group) is 1. The third-order valence-electron chi connectivity index (χ3n) is 8.93. The Bertz CT molecular complexity index is 2340. The van der Waals surface area contributed by atoms with Crippen molar-refractivity contribution < 1.29 is 46.3 Å². The molecule has 2 aliphatic heterocycles. The minimum absolute atomic E-state index is 0.00846. The number of hydrogen-bond donors (Lipinski definition) is 2. The van der Waals surface area contributed by atoms with E-state index in [1.54, 1.807) is 35.9 Å². The maximum atomic E-state index is 14.2. The number of piperidine rings is 1. The second-order valence-corrected chi connectivity index (χ2v) is 12.4. The van der Waals surface area contributed by atoms with E-state index in [-0.39, 0.29) is 47.6 Å². The van der Waals surface area contributed by atoms with Gasteiger partial charge in [0.1, 0.15) is 24.2 Å². The number of rotatable bonds is 9. The van der Waals surface area contributed by atoms with Crippen molar-refractivity contribution in [2.45, 2.75) is 25.1 Å². The van der Waals surface area contributed by atoms with E-state index in [0.29, 0.717) is 29.2 Å². The summed E-state index contributed by atoms with van der Waals surface area (Å²) in [6.45, 7) is 0.481. The first kappa shape index (κ1) is 34.9. The van der Waals surface area contributed by atoms with Gasteiger partial charge in [-0.25, -0.2) is 9.37 Å². The summed E-state index contributed by atoms with van der Waals surface area (Å²) in [5.74, 6) is -3.60. The molecule has 53 heavy (non-hydrogen) atoms. The number of fused-ring (bicyclic) bond motifs is 2. The molecule has 1 saturated heterocycles. The second-order valence-electron chi connectivity index (χ2n) is 12.4. The molecular weight excluding hydrogens is 700 g/mol. The molecule has 2 N–H and O–H groups in total. The van der Waals surface area contributed by atoms with Crippen LogP contribution >= 0.6 is 0 Å². The Morgan fingerprint density at radius 2 is 1.74 bits per heavy atom. The number of benzene rings is 4. The highest BCUT2D eigenvalue weighted by atomic mass is 19.4. The third-order valence-corrected chi connectivity index (χ3v) is 8.93. The highest BCUT2D eigenvalue weighted by Gasteiger charge is 2.44. The Hall–Kier alpha value is -6.58. The molecule has 270 valence electrons. The fraction of sp³-hybridized carbons (Fsp3) is 0.189. The number of alkyl halides is 3. The van der Waals surface area contributed by atoms with E-state index in [1.807, 2.05) is 11.0 Å². The number of carbonyl (C=O) groups excluding carboxylic acids is 5. The zero-order valence-electron chi connectivity index (χ0n) is 27.7. The zero-order chi connectivity index (χ0) is 37.6. The maximum Gasteiger partial charge on any atom is 0.416 e. The van der Waals surface area contributed by atoms with Gasteiger partial charge in [0.05, 0.1) is 40.0 Å². The zero-order valence-corrected chi connectivity index (χ0v) is 27.7. The Kier molecular flexibility index (Phi) is 8.89. The normalized spacial score (nSPS) is 15.8. The lowest BCUT2D eigenvalue weighted by atomic mass is 10.0. The number of nitrogens with one attached hydrogen (secondary N) is 2. The van der Waals surface area contributed by atoms with E-state index in [4.69, 9.17) is 4.74 Å². The summed E-state index contributed by atoms with van der Waals surface area (Å²) in [6.07, 6.45) is -4.60. The van der Waals surface area contributed by atoms with Crippen molar-refractivity contribution in [1.29, 1.82) is 0 Å². The summed E-state index contributed by atoms with van der Waals surface area (Å²) in [5, 5.41) is 4.73. The number of imide groups is 2. The number of aromatic nitrogens is 2. The fourth-order valence-electron chi connectivity index (χ4n) is 6.25. The number of imidazole rings is 1. The number of amides is 5. The minimum Gasteiger partial charge on any atom is -0.492 e. The first-order valence-corrected chi connectivity index (χ1v) is 16.2. The molecule has 0 aliphatic carbocycles. The highest BCUT2D eigenvalue weighted by Crippen LogP contribution is 2.32. The van der Waals surface area contributed by atoms with Gasteiger partial charge in [-0.15, -0.1) is 0 Å². The van der Waals surface area contributed by atoms with Crippen LogP contribution in [0.3, 0.4) is 0 Å². The Morgan fingerprint density at radius 1 is 0.962 bits per heavy atom. The second kappa shape index (κ2) is 13.5. The molecule has 1 aromatic heterocycles. The first-order valence-electron chi connectivity index (χ1n) is 16.2. The number of nitrogens with zero attached hydrogens (tertiary/aromatic N) is 4. The Labute approximate surface area is 297 Å². The molecule has 1 fully saturated rings. The van der Waals surface area contributed by atoms with Crippen molar-refractivity contribution in [1.82, 2.24) is 19.8 Å². The predicted octanol–water partition coefficient (Wildman–Crippen LogP) is 5.35. The summed E-state index contributed by atoms with van der Waals surface area (Å²) >= 11 is 0. The van der Waals surface area contributed by atoms with Crippen molar-refractivity contribution in [2.75, 3.05) is 30.4 Å². The van der Waals surface area contributed by atoms with Crippen molar-refractivity contribution in [2.24, 2.45) is 0 Å². The molecule has 5 amide bonds. The minimum atomic E-state index is -4.65. The summed E-state index contributed by atoms with van der Waals surface area (Å²) in [6, 6.07) is 18.2. The molecule has 0 bridgehead atoms. The number of anilines is 2. The molecule has 12 nitrogen and oxygen atoms in total. The summed E-state index contributed by atoms with van der Waals surface area (Å²) in [7, 11) is 1.79. The largest absolute Gasteiger partial charge is 0.492 e. The van der Waals surface area contributed by atoms with Crippen LogP contribution in [0, 0.1) is 5.82 Å². The standard InChI is InChI=1S/C37H28F4N6O6/c1-45(14-15-53-25-9-10-26-27(19-25)35(52)47(34(26)51)30-12-13-31(48)43-33(30)50)23-6-3-7-24(18-23)46-29-11-8-22(38)17-28(29)42-36(46)44-32(49)20-4-2-5-21(16-20)37(39,40)41/h2-11,16-19,30H,12-15H2,1H3,(H,42,44,49)(H,43,48,50). The molecule has 0 spiro atoms. The van der Waals surface area contributed by atoms with Crippen molar-refractivity contribution in [3.8, 4) is 11.4 Å². The highest BCUT2D eigenvalue weighted by molar-refractivity contribution is 6.23. The maximum absolute atomic E-state index is 14.2. The van der Waals surface area contributed by atoms with Crippen molar-refractivity contribution >= 4 is 52.2 Å². The van der Waals surface area contributed by atoms with Gasteiger partial charge in [-0.3, -0.25) is 44.1 Å². The topological polar surface area (TPSA) is 143 Å². The molecule has 5 aromatic rings. The summed E-state index contributed by atoms with van der Waals surface area (Å²) in [5.41, 5.74) is 0.801. The van der Waals surface area contributed by atoms with Gasteiger partial charge in [0.2, 0.25) is 17.8 Å². The molecule has 4 aromatic carbocycles. The van der Waals surface area contributed by atoms with E-state index < -0.39 is 53.1 Å². The summed E-state index contributed by atoms with van der Waals surface area (Å²) < 4.78 is 61.6. The van der Waals surface area contributed by atoms with Gasteiger partial charge in [0.25, 0.3) is 17.7 Å². The molecule has 1 unspecified atom stereocenters. The number of carbonyl (C=O) groups is 5. The van der Waals surface area contributed by atoms with E-state index >= 15 is 0 Å². The lowest BCUT2D eigenvalue weighted by Gasteiger charge is -2.27. The van der Waals surface area contributed by atoms with Crippen molar-refractivity contribution in [3.63, 3.8) is 0 Å². The van der Waals surface area contributed by atoms with E-state index in [0.717, 1.165) is 23.1 Å². The lowest BCUT2D eigenvalue weighted by molar-refractivity contribution is -0.138. The molecule has 1 atom stereocenters. The van der Waals surface area contributed by atoms with Crippen LogP contribution in [0.2, 0.25) is 0 Å². The Morgan fingerprint density at radius 3 is 2.51 bits per heavy atom. The van der Waals surface area contributed by atoms with Crippen LogP contribution in [0.5, 0.6) is 5.75 Å². The third kappa shape index (κ3) is 6.78. The average Bonchev–Trinajstić information content (AvgIpc) is 3.60. The number of ether oxygens (including phenoxy) is 1. The van der Waals surface area contributed by atoms with Crippen molar-refractivity contribution in [3.05, 3.63) is 113 Å². The molecule has 7 rings (SSSR count). The van der Waals surface area contributed by atoms with Crippen LogP contribution in [0.15, 0.2) is 84.9 Å². The average molecular weight is 729 g/mol. The van der Waals surface area contributed by atoms with Crippen LogP contribution in [-0.4, -0.2) is 70.2 Å². The van der Waals surface area contributed by atoms with Gasteiger partial charge in [0.15, 0.2) is 0 Å². The van der Waals surface area contributed by atoms with Crippen LogP contribution in [-0.2, 0) is 15.8 Å². The molecule has 16 heteroatoms. The molecule has 0 radical (unpaired) electrons. The smallest absolute Gasteiger partial charge is 0.416 e. The van der Waals surface area contributed by atoms with Gasteiger partial charge in [-0.2, -0.15) is 13.2 Å². The van der Waals surface area contributed by atoms with E-state index in [9.17, 15) is 41.5 Å². The molecule has 0 saturated carbocycles. The van der Waals surface area contributed by atoms with Gasteiger partial charge in [-0.1, -0.05) is 12.1 Å². The van der Waals surface area contributed by atoms with Crippen LogP contribution < -0.4 is 20.3 Å². The molecule has 2 aliphatic rings. The molecule has 3 heterocycles. The number of halogens is 4. The first-order chi connectivity index (χ1) is 25.3. The van der Waals surface area contributed by atoms with Gasteiger partial charge in [0, 0.05) is 30.8 Å². The van der Waals surface area contributed by atoms with Gasteiger partial charge in [-0.05, 0) is 73.2 Å². The Balaban J connectivity index is 1.07.